The van der Waals surface area contributed by atoms with Gasteiger partial charge in [-0.1, -0.05) is 128 Å². The van der Waals surface area contributed by atoms with Crippen LogP contribution in [0.3, 0.4) is 0 Å². The van der Waals surface area contributed by atoms with E-state index in [2.05, 4.69) is 38.2 Å². The van der Waals surface area contributed by atoms with Crippen LogP contribution in [-0.2, 0) is 35.2 Å². The number of alkyl carbamates (subject to hydrolysis) is 1. The molecule has 11 N–H and O–H groups in total. The molecule has 1 heterocycles. The molecule has 21 nitrogen and oxygen atoms in total. The van der Waals surface area contributed by atoms with Gasteiger partial charge in [-0.15, -0.1) is 0 Å². The summed E-state index contributed by atoms with van der Waals surface area (Å²) in [5.41, 5.74) is 14.6. The molecule has 1 aliphatic heterocycles. The lowest BCUT2D eigenvalue weighted by Crippen LogP contribution is -2.60. The predicted molar refractivity (Wildman–Crippen MR) is 272 cm³/mol. The summed E-state index contributed by atoms with van der Waals surface area (Å²) in [7, 11) is 0. The lowest BCUT2D eigenvalue weighted by molar-refractivity contribution is -0.303. The van der Waals surface area contributed by atoms with Crippen molar-refractivity contribution in [1.29, 1.82) is 0 Å². The summed E-state index contributed by atoms with van der Waals surface area (Å²) in [5.74, 6) is -2.44. The second-order valence-electron chi connectivity index (χ2n) is 19.5. The van der Waals surface area contributed by atoms with Crippen LogP contribution in [0.15, 0.2) is 29.4 Å². The van der Waals surface area contributed by atoms with E-state index in [1.807, 2.05) is 6.92 Å². The smallest absolute Gasteiger partial charge is 0.407 e. The van der Waals surface area contributed by atoms with Gasteiger partial charge in [0.15, 0.2) is 12.1 Å². The van der Waals surface area contributed by atoms with Crippen molar-refractivity contribution in [2.45, 2.75) is 212 Å². The molecule has 1 aromatic carbocycles. The van der Waals surface area contributed by atoms with E-state index in [-0.39, 0.29) is 62.5 Å². The number of unbranched alkanes of at least 4 members (excludes halogenated alkanes) is 13. The second-order valence-corrected chi connectivity index (χ2v) is 19.5. The number of Topliss-reactive ketones (excluding diaryl/α,β-unsaturated/α-hetero) is 1. The number of aliphatic hydroxyl groups excluding tert-OH is 5. The number of primary amides is 1. The average Bonchev–Trinajstić information content (AvgIpc) is 3.35. The fourth-order valence-corrected chi connectivity index (χ4v) is 8.58. The van der Waals surface area contributed by atoms with Crippen molar-refractivity contribution in [3.05, 3.63) is 40.3 Å². The first-order chi connectivity index (χ1) is 34.5. The summed E-state index contributed by atoms with van der Waals surface area (Å²) in [5, 5.41) is 66.5. The summed E-state index contributed by atoms with van der Waals surface area (Å²) >= 11 is 0. The molecule has 0 radical (unpaired) electrons. The Morgan fingerprint density at radius 1 is 0.819 bits per heavy atom. The molecule has 0 bridgehead atoms. The Labute approximate surface area is 426 Å². The molecule has 1 aliphatic rings. The Balaban J connectivity index is 2.05. The number of azide groups is 1. The maximum absolute atomic E-state index is 13.7. The number of anilines is 1. The van der Waals surface area contributed by atoms with Crippen LogP contribution < -0.4 is 27.0 Å². The van der Waals surface area contributed by atoms with Gasteiger partial charge in [-0.25, -0.2) is 9.59 Å². The molecule has 10 atom stereocenters. The zero-order valence-electron chi connectivity index (χ0n) is 43.3. The molecule has 0 spiro atoms. The van der Waals surface area contributed by atoms with E-state index in [1.54, 1.807) is 38.1 Å². The number of amides is 5. The van der Waals surface area contributed by atoms with E-state index >= 15 is 0 Å². The van der Waals surface area contributed by atoms with Crippen LogP contribution in [0.2, 0.25) is 0 Å². The zero-order valence-corrected chi connectivity index (χ0v) is 43.3. The third-order valence-electron chi connectivity index (χ3n) is 13.1. The number of rotatable bonds is 39. The van der Waals surface area contributed by atoms with Gasteiger partial charge in [-0.2, -0.15) is 0 Å². The van der Waals surface area contributed by atoms with Crippen LogP contribution >= 0.6 is 0 Å². The molecule has 0 aliphatic carbocycles. The van der Waals surface area contributed by atoms with E-state index < -0.39 is 79.4 Å². The molecule has 1 saturated heterocycles. The first-order valence-corrected chi connectivity index (χ1v) is 26.3. The van der Waals surface area contributed by atoms with E-state index in [9.17, 15) is 49.5 Å². The van der Waals surface area contributed by atoms with Crippen LogP contribution in [0.5, 0.6) is 0 Å². The number of urea groups is 1. The zero-order chi connectivity index (χ0) is 53.3. The minimum absolute atomic E-state index is 0.180. The maximum atomic E-state index is 13.7. The number of ketones is 1. The van der Waals surface area contributed by atoms with Gasteiger partial charge in [-0.05, 0) is 67.2 Å². The van der Waals surface area contributed by atoms with Crippen LogP contribution in [-0.4, -0.2) is 130 Å². The van der Waals surface area contributed by atoms with Gasteiger partial charge >= 0.3 is 12.1 Å². The number of nitrogens with two attached hydrogens (primary N) is 1. The number of hydrogen-bond donors (Lipinski definition) is 10. The summed E-state index contributed by atoms with van der Waals surface area (Å²) in [6, 6.07) is 3.85. The topological polar surface area (TPSA) is 337 Å². The van der Waals surface area contributed by atoms with Crippen molar-refractivity contribution in [2.24, 2.45) is 28.6 Å². The Kier molecular flexibility index (Phi) is 32.8. The number of benzene rings is 1. The summed E-state index contributed by atoms with van der Waals surface area (Å²) in [6.07, 6.45) is 7.75. The lowest BCUT2D eigenvalue weighted by atomic mass is 9.89. The Morgan fingerprint density at radius 3 is 2.04 bits per heavy atom. The van der Waals surface area contributed by atoms with Gasteiger partial charge in [0.25, 0.3) is 0 Å². The molecule has 0 aromatic heterocycles. The average molecular weight is 1020 g/mol. The minimum Gasteiger partial charge on any atom is -0.445 e. The molecule has 1 aromatic rings. The summed E-state index contributed by atoms with van der Waals surface area (Å²) in [6.45, 7) is 6.98. The molecule has 2 rings (SSSR count). The largest absolute Gasteiger partial charge is 0.445 e. The highest BCUT2D eigenvalue weighted by molar-refractivity contribution is 5.97. The van der Waals surface area contributed by atoms with Crippen molar-refractivity contribution >= 4 is 35.4 Å². The monoisotopic (exact) mass is 1020 g/mol. The first kappa shape index (κ1) is 63.5. The summed E-state index contributed by atoms with van der Waals surface area (Å²) in [4.78, 5) is 67.3. The highest BCUT2D eigenvalue weighted by atomic mass is 16.7. The first-order valence-electron chi connectivity index (χ1n) is 26.3. The number of nitrogens with one attached hydrogen (secondary N) is 4. The lowest BCUT2D eigenvalue weighted by Gasteiger charge is -2.40. The normalized spacial score (nSPS) is 19.8. The molecular formula is C51H88N8O13. The van der Waals surface area contributed by atoms with Gasteiger partial charge < -0.3 is 66.7 Å². The van der Waals surface area contributed by atoms with Crippen LogP contribution in [0.4, 0.5) is 15.3 Å². The number of carbonyl (C=O) groups is 5. The van der Waals surface area contributed by atoms with Gasteiger partial charge in [0.05, 0.1) is 31.4 Å². The van der Waals surface area contributed by atoms with E-state index in [0.717, 1.165) is 25.7 Å². The number of hydrogen-bond acceptors (Lipinski definition) is 14. The van der Waals surface area contributed by atoms with Crippen LogP contribution in [0, 0.1) is 17.8 Å². The number of nitrogens with zero attached hydrogens (tertiary/aromatic N) is 3. The standard InChI is InChI=1S/C51H88N8O13/c1-5-6-7-8-9-10-11-12-13-14-15-17-21-35(4)44(63)39(33-70-49-47(66)46(65)45(64)41(31-60)72-49)57-51(69)71-32-36-24-26-38(27-25-36)56-48(67)37(22-20-28-54-50(52)68)30-40(61)43(34(2)3)58-42(62)23-18-16-19-29-55-59-53/h24-27,34-35,37,39,41,43-47,49,60,63-66H,5-23,28-33H2,1-4H3,(H,56,67)(H,57,69)(H,58,62)(H3,52,54,68)/t35-,37-,39+,41?,43+,44-,45+,46+,47?,49+/m1/s1. The molecule has 5 amide bonds. The quantitative estimate of drug-likeness (QED) is 0.0153. The van der Waals surface area contributed by atoms with Crippen LogP contribution in [0.25, 0.3) is 10.4 Å². The number of aliphatic hydroxyl groups is 5. The number of carbonyl (C=O) groups excluding carboxylic acids is 5. The third kappa shape index (κ3) is 25.9. The third-order valence-corrected chi connectivity index (χ3v) is 13.1. The van der Waals surface area contributed by atoms with Crippen molar-refractivity contribution < 1.29 is 63.7 Å². The molecule has 72 heavy (non-hydrogen) atoms. The molecule has 410 valence electrons. The van der Waals surface area contributed by atoms with E-state index in [4.69, 9.17) is 25.5 Å². The van der Waals surface area contributed by atoms with Crippen molar-refractivity contribution in [3.63, 3.8) is 0 Å². The van der Waals surface area contributed by atoms with Gasteiger partial charge in [0, 0.05) is 42.4 Å². The Hall–Kier alpha value is -4.60. The van der Waals surface area contributed by atoms with E-state index in [1.165, 1.54) is 51.4 Å². The highest BCUT2D eigenvalue weighted by Crippen LogP contribution is 2.25. The fourth-order valence-electron chi connectivity index (χ4n) is 8.58. The van der Waals surface area contributed by atoms with Gasteiger partial charge in [0.2, 0.25) is 11.8 Å². The highest BCUT2D eigenvalue weighted by Gasteiger charge is 2.44. The number of ether oxygens (including phenoxy) is 3. The summed E-state index contributed by atoms with van der Waals surface area (Å²) < 4.78 is 16.8. The van der Waals surface area contributed by atoms with Gasteiger partial charge in [0.1, 0.15) is 31.0 Å². The predicted octanol–water partition coefficient (Wildman–Crippen LogP) is 6.16. The molecule has 21 heteroatoms. The van der Waals surface area contributed by atoms with Crippen molar-refractivity contribution in [3.8, 4) is 0 Å². The SMILES string of the molecule is CCCCCCCCCCCCCC[C@@H](C)[C@@H](O)[C@H](CO[C@H]1OC(CO)[C@H](O)[C@H](O)C1O)NC(=O)OCc1ccc(NC(=O)[C@H](CCCNC(N)=O)CC(=O)[C@@H](NC(=O)CCCCCN=[N+]=[N-])C(C)C)cc1. The Bertz CT molecular complexity index is 1750. The molecule has 0 saturated carbocycles. The maximum Gasteiger partial charge on any atom is 0.407 e. The molecule has 1 fully saturated rings. The molecular weight excluding hydrogens is 933 g/mol. The molecule has 2 unspecified atom stereocenters. The fraction of sp³-hybridized carbons (Fsp3) is 0.784. The second kappa shape index (κ2) is 37.2. The van der Waals surface area contributed by atoms with Crippen LogP contribution in [0.1, 0.15) is 162 Å². The van der Waals surface area contributed by atoms with Gasteiger partial charge in [-0.3, -0.25) is 14.4 Å². The minimum atomic E-state index is -1.68. The van der Waals surface area contributed by atoms with Crippen molar-refractivity contribution in [1.82, 2.24) is 16.0 Å². The Morgan fingerprint density at radius 2 is 1.44 bits per heavy atom. The van der Waals surface area contributed by atoms with Crippen molar-refractivity contribution in [2.75, 3.05) is 31.6 Å². The van der Waals surface area contributed by atoms with E-state index in [0.29, 0.717) is 49.9 Å².